The van der Waals surface area contributed by atoms with Gasteiger partial charge in [0, 0.05) is 6.20 Å². The van der Waals surface area contributed by atoms with Gasteiger partial charge in [-0.15, -0.1) is 0 Å². The molecule has 8 heteroatoms. The fourth-order valence-corrected chi connectivity index (χ4v) is 3.71. The van der Waals surface area contributed by atoms with Crippen LogP contribution in [0.1, 0.15) is 5.69 Å². The molecule has 0 fully saturated rings. The quantitative estimate of drug-likeness (QED) is 0.466. The minimum Gasteiger partial charge on any atom is -0.481 e. The predicted octanol–water partition coefficient (Wildman–Crippen LogP) is 4.58. The molecule has 4 rings (SSSR count). The molecular weight excluding hydrogens is 396 g/mol. The van der Waals surface area contributed by atoms with E-state index in [9.17, 15) is 13.6 Å². The standard InChI is InChI=1S/C21H15F2N3O2S/c22-15-7-1-2-9-17(15)28-13-19(27)26(12-14-6-3-4-11-24-14)21-25-20-16(23)8-5-10-18(20)29-21/h1-11H,12-13H2. The van der Waals surface area contributed by atoms with Crippen LogP contribution in [0.5, 0.6) is 5.75 Å². The molecule has 4 aromatic rings. The summed E-state index contributed by atoms with van der Waals surface area (Å²) in [4.78, 5) is 22.8. The second kappa shape index (κ2) is 8.32. The van der Waals surface area contributed by atoms with E-state index in [1.54, 1.807) is 42.6 Å². The van der Waals surface area contributed by atoms with Crippen LogP contribution < -0.4 is 9.64 Å². The number of para-hydroxylation sites is 2. The summed E-state index contributed by atoms with van der Waals surface area (Å²) in [6.45, 7) is -0.270. The van der Waals surface area contributed by atoms with Crippen LogP contribution in [0.25, 0.3) is 10.2 Å². The molecule has 29 heavy (non-hydrogen) atoms. The van der Waals surface area contributed by atoms with Gasteiger partial charge in [-0.3, -0.25) is 14.7 Å². The van der Waals surface area contributed by atoms with Gasteiger partial charge in [0.05, 0.1) is 16.9 Å². The molecule has 0 bridgehead atoms. The van der Waals surface area contributed by atoms with Crippen molar-refractivity contribution in [1.82, 2.24) is 9.97 Å². The minimum absolute atomic E-state index is 0.0195. The van der Waals surface area contributed by atoms with Gasteiger partial charge in [0.15, 0.2) is 23.3 Å². The molecule has 0 N–H and O–H groups in total. The maximum absolute atomic E-state index is 14.1. The van der Waals surface area contributed by atoms with Crippen LogP contribution in [-0.4, -0.2) is 22.5 Å². The largest absolute Gasteiger partial charge is 0.481 e. The number of halogens is 2. The fraction of sp³-hybridized carbons (Fsp3) is 0.0952. The molecule has 2 aromatic carbocycles. The first-order chi connectivity index (χ1) is 14.1. The number of fused-ring (bicyclic) bond motifs is 1. The van der Waals surface area contributed by atoms with Crippen molar-refractivity contribution in [3.63, 3.8) is 0 Å². The Morgan fingerprint density at radius 1 is 1.00 bits per heavy atom. The van der Waals surface area contributed by atoms with Crippen LogP contribution >= 0.6 is 11.3 Å². The predicted molar refractivity (Wildman–Crippen MR) is 107 cm³/mol. The molecular formula is C21H15F2N3O2S. The van der Waals surface area contributed by atoms with E-state index in [0.29, 0.717) is 15.5 Å². The summed E-state index contributed by atoms with van der Waals surface area (Å²) in [7, 11) is 0. The number of pyridine rings is 1. The summed E-state index contributed by atoms with van der Waals surface area (Å²) in [6, 6.07) is 15.8. The van der Waals surface area contributed by atoms with Gasteiger partial charge in [-0.1, -0.05) is 35.6 Å². The highest BCUT2D eigenvalue weighted by Gasteiger charge is 2.22. The van der Waals surface area contributed by atoms with Gasteiger partial charge in [0.1, 0.15) is 11.3 Å². The number of nitrogens with zero attached hydrogens (tertiary/aromatic N) is 3. The van der Waals surface area contributed by atoms with Crippen LogP contribution in [0.4, 0.5) is 13.9 Å². The van der Waals surface area contributed by atoms with Gasteiger partial charge in [-0.25, -0.2) is 13.8 Å². The van der Waals surface area contributed by atoms with Crippen LogP contribution in [0, 0.1) is 11.6 Å². The lowest BCUT2D eigenvalue weighted by molar-refractivity contribution is -0.120. The van der Waals surface area contributed by atoms with Crippen molar-refractivity contribution >= 4 is 32.6 Å². The third-order valence-corrected chi connectivity index (χ3v) is 5.17. The van der Waals surface area contributed by atoms with E-state index in [1.165, 1.54) is 40.5 Å². The number of carbonyl (C=O) groups is 1. The Bertz CT molecular complexity index is 1150. The number of thiazole rings is 1. The number of anilines is 1. The molecule has 0 radical (unpaired) electrons. The second-order valence-corrected chi connectivity index (χ2v) is 7.11. The van der Waals surface area contributed by atoms with Crippen molar-refractivity contribution in [2.45, 2.75) is 6.54 Å². The summed E-state index contributed by atoms with van der Waals surface area (Å²) in [5.74, 6) is -1.48. The second-order valence-electron chi connectivity index (χ2n) is 6.10. The fourth-order valence-electron chi connectivity index (χ4n) is 2.71. The van der Waals surface area contributed by atoms with Gasteiger partial charge < -0.3 is 4.74 Å². The first kappa shape index (κ1) is 18.9. The zero-order valence-corrected chi connectivity index (χ0v) is 15.9. The molecule has 2 aromatic heterocycles. The van der Waals surface area contributed by atoms with E-state index >= 15 is 0 Å². The summed E-state index contributed by atoms with van der Waals surface area (Å²) in [5.41, 5.74) is 0.827. The number of rotatable bonds is 6. The zero-order valence-electron chi connectivity index (χ0n) is 15.1. The lowest BCUT2D eigenvalue weighted by Crippen LogP contribution is -2.34. The molecule has 0 aliphatic heterocycles. The van der Waals surface area contributed by atoms with Crippen molar-refractivity contribution in [3.05, 3.63) is 84.2 Å². The Labute approximate surface area is 169 Å². The van der Waals surface area contributed by atoms with Crippen molar-refractivity contribution < 1.29 is 18.3 Å². The molecule has 2 heterocycles. The molecule has 0 aliphatic carbocycles. The number of benzene rings is 2. The monoisotopic (exact) mass is 411 g/mol. The Kier molecular flexibility index (Phi) is 5.44. The lowest BCUT2D eigenvalue weighted by atomic mass is 10.3. The zero-order chi connectivity index (χ0) is 20.2. The Balaban J connectivity index is 1.63. The van der Waals surface area contributed by atoms with E-state index in [1.807, 2.05) is 0 Å². The van der Waals surface area contributed by atoms with Crippen molar-refractivity contribution in [2.75, 3.05) is 11.5 Å². The average Bonchev–Trinajstić information content (AvgIpc) is 3.17. The van der Waals surface area contributed by atoms with E-state index in [2.05, 4.69) is 9.97 Å². The highest BCUT2D eigenvalue weighted by molar-refractivity contribution is 7.22. The third kappa shape index (κ3) is 4.22. The Morgan fingerprint density at radius 3 is 2.55 bits per heavy atom. The molecule has 0 spiro atoms. The molecule has 0 unspecified atom stereocenters. The summed E-state index contributed by atoms with van der Waals surface area (Å²) in [6.07, 6.45) is 1.62. The number of ether oxygens (including phenoxy) is 1. The summed E-state index contributed by atoms with van der Waals surface area (Å²) >= 11 is 1.19. The maximum Gasteiger partial charge on any atom is 0.267 e. The first-order valence-electron chi connectivity index (χ1n) is 8.74. The highest BCUT2D eigenvalue weighted by atomic mass is 32.1. The lowest BCUT2D eigenvalue weighted by Gasteiger charge is -2.19. The van der Waals surface area contributed by atoms with Crippen LogP contribution in [0.2, 0.25) is 0 Å². The molecule has 146 valence electrons. The normalized spacial score (nSPS) is 10.8. The summed E-state index contributed by atoms with van der Waals surface area (Å²) in [5, 5.41) is 0.317. The smallest absolute Gasteiger partial charge is 0.267 e. The van der Waals surface area contributed by atoms with E-state index < -0.39 is 24.1 Å². The Morgan fingerprint density at radius 2 is 1.79 bits per heavy atom. The molecule has 0 aliphatic rings. The topological polar surface area (TPSA) is 55.3 Å². The van der Waals surface area contributed by atoms with Gasteiger partial charge in [0.2, 0.25) is 0 Å². The van der Waals surface area contributed by atoms with Crippen LogP contribution in [0.15, 0.2) is 66.9 Å². The molecule has 0 atom stereocenters. The van der Waals surface area contributed by atoms with Gasteiger partial charge in [-0.05, 0) is 36.4 Å². The Hall–Kier alpha value is -3.39. The minimum atomic E-state index is -0.557. The molecule has 0 saturated carbocycles. The molecule has 1 amide bonds. The van der Waals surface area contributed by atoms with Gasteiger partial charge in [-0.2, -0.15) is 0 Å². The van der Waals surface area contributed by atoms with E-state index in [0.717, 1.165) is 0 Å². The number of carbonyl (C=O) groups excluding carboxylic acids is 1. The third-order valence-electron chi connectivity index (χ3n) is 4.12. The average molecular weight is 411 g/mol. The van der Waals surface area contributed by atoms with E-state index in [4.69, 9.17) is 4.74 Å². The number of aromatic nitrogens is 2. The molecule has 0 saturated heterocycles. The van der Waals surface area contributed by atoms with Crippen molar-refractivity contribution in [2.24, 2.45) is 0 Å². The number of hydrogen-bond donors (Lipinski definition) is 0. The van der Waals surface area contributed by atoms with Crippen molar-refractivity contribution in [3.8, 4) is 5.75 Å². The number of hydrogen-bond acceptors (Lipinski definition) is 5. The SMILES string of the molecule is O=C(COc1ccccc1F)N(Cc1ccccn1)c1nc2c(F)cccc2s1. The van der Waals surface area contributed by atoms with Crippen LogP contribution in [0.3, 0.4) is 0 Å². The van der Waals surface area contributed by atoms with Crippen LogP contribution in [-0.2, 0) is 11.3 Å². The van der Waals surface area contributed by atoms with Gasteiger partial charge in [0.25, 0.3) is 5.91 Å². The summed E-state index contributed by atoms with van der Waals surface area (Å²) < 4.78 is 33.8. The number of amides is 1. The maximum atomic E-state index is 14.1. The van der Waals surface area contributed by atoms with E-state index in [-0.39, 0.29) is 17.8 Å². The van der Waals surface area contributed by atoms with Gasteiger partial charge >= 0.3 is 0 Å². The molecule has 5 nitrogen and oxygen atoms in total. The highest BCUT2D eigenvalue weighted by Crippen LogP contribution is 2.31. The first-order valence-corrected chi connectivity index (χ1v) is 9.56. The van der Waals surface area contributed by atoms with Crippen molar-refractivity contribution in [1.29, 1.82) is 0 Å².